The number of carbonyl (C=O) groups excluding carboxylic acids is 3. The van der Waals surface area contributed by atoms with Crippen molar-refractivity contribution in [3.05, 3.63) is 41.5 Å². The van der Waals surface area contributed by atoms with Gasteiger partial charge in [0.05, 0.1) is 12.5 Å². The van der Waals surface area contributed by atoms with Crippen LogP contribution in [-0.4, -0.2) is 63.5 Å². The van der Waals surface area contributed by atoms with Crippen molar-refractivity contribution in [2.45, 2.75) is 95.3 Å². The molecule has 39 heavy (non-hydrogen) atoms. The van der Waals surface area contributed by atoms with E-state index in [1.54, 1.807) is 6.08 Å². The van der Waals surface area contributed by atoms with E-state index in [1.165, 1.54) is 11.0 Å². The van der Waals surface area contributed by atoms with Gasteiger partial charge in [0.15, 0.2) is 17.2 Å². The van der Waals surface area contributed by atoms with Crippen LogP contribution in [0, 0.1) is 11.3 Å². The van der Waals surface area contributed by atoms with Crippen LogP contribution in [-0.2, 0) is 9.59 Å². The highest BCUT2D eigenvalue weighted by Crippen LogP contribution is 2.40. The standard InChI is InChI=1S/C30H36N6O3/c1-30-26(33-27(34-30)22-16-13-21(14-17-22)15-18-25(37)32-20-8-19-31)28(38)35(23-9-4-2-5-10-23)29(39)36(30)24-11-6-3-7-12-24/h13-18,23-24H,2-12,20H2,1H3,(H,32,37)/b18-15+. The molecule has 2 saturated carbocycles. The monoisotopic (exact) mass is 528 g/mol. The fourth-order valence-electron chi connectivity index (χ4n) is 6.27. The van der Waals surface area contributed by atoms with Gasteiger partial charge in [-0.1, -0.05) is 62.8 Å². The fourth-order valence-corrected chi connectivity index (χ4v) is 6.27. The number of amidine groups is 1. The Balaban J connectivity index is 1.42. The number of benzene rings is 1. The normalized spacial score (nSPS) is 24.4. The summed E-state index contributed by atoms with van der Waals surface area (Å²) in [4.78, 5) is 52.9. The molecule has 4 aliphatic rings. The Morgan fingerprint density at radius 2 is 1.69 bits per heavy atom. The molecule has 9 nitrogen and oxygen atoms in total. The summed E-state index contributed by atoms with van der Waals surface area (Å²) < 4.78 is 0. The van der Waals surface area contributed by atoms with Gasteiger partial charge >= 0.3 is 6.03 Å². The summed E-state index contributed by atoms with van der Waals surface area (Å²) in [7, 11) is 0. The molecule has 0 bridgehead atoms. The van der Waals surface area contributed by atoms with Gasteiger partial charge in [0.1, 0.15) is 0 Å². The van der Waals surface area contributed by atoms with E-state index in [2.05, 4.69) is 5.32 Å². The Labute approximate surface area is 229 Å². The van der Waals surface area contributed by atoms with Crippen molar-refractivity contribution in [1.29, 1.82) is 5.26 Å². The van der Waals surface area contributed by atoms with Crippen molar-refractivity contribution in [2.24, 2.45) is 9.98 Å². The molecule has 5 rings (SSSR count). The Morgan fingerprint density at radius 3 is 2.33 bits per heavy atom. The second-order valence-electron chi connectivity index (χ2n) is 11.0. The fraction of sp³-hybridized carbons (Fsp3) is 0.533. The molecule has 1 unspecified atom stereocenters. The first-order valence-electron chi connectivity index (χ1n) is 14.2. The van der Waals surface area contributed by atoms with E-state index in [9.17, 15) is 14.4 Å². The third-order valence-electron chi connectivity index (χ3n) is 8.30. The Morgan fingerprint density at radius 1 is 1.05 bits per heavy atom. The minimum absolute atomic E-state index is 0.0376. The van der Waals surface area contributed by atoms with Gasteiger partial charge in [-0.2, -0.15) is 5.26 Å². The van der Waals surface area contributed by atoms with Crippen LogP contribution in [0.15, 0.2) is 40.3 Å². The van der Waals surface area contributed by atoms with Crippen LogP contribution in [0.3, 0.4) is 0 Å². The molecule has 204 valence electrons. The van der Waals surface area contributed by atoms with E-state index in [4.69, 9.17) is 15.2 Å². The Hall–Kier alpha value is -3.80. The van der Waals surface area contributed by atoms with Gasteiger partial charge in [0.2, 0.25) is 5.91 Å². The molecule has 0 aromatic heterocycles. The van der Waals surface area contributed by atoms with Crippen LogP contribution in [0.5, 0.6) is 0 Å². The minimum Gasteiger partial charge on any atom is -0.352 e. The van der Waals surface area contributed by atoms with Gasteiger partial charge in [-0.05, 0) is 44.2 Å². The van der Waals surface area contributed by atoms with Gasteiger partial charge in [-0.3, -0.25) is 19.4 Å². The zero-order chi connectivity index (χ0) is 27.4. The zero-order valence-electron chi connectivity index (χ0n) is 22.6. The maximum absolute atomic E-state index is 14.0. The molecular weight excluding hydrogens is 492 g/mol. The van der Waals surface area contributed by atoms with Crippen molar-refractivity contribution >= 4 is 35.5 Å². The minimum atomic E-state index is -1.11. The van der Waals surface area contributed by atoms with Gasteiger partial charge in [-0.15, -0.1) is 0 Å². The van der Waals surface area contributed by atoms with Crippen LogP contribution < -0.4 is 5.32 Å². The zero-order valence-corrected chi connectivity index (χ0v) is 22.6. The number of aliphatic imine (C=N–C) groups is 2. The number of nitriles is 1. The van der Waals surface area contributed by atoms with Gasteiger partial charge in [0, 0.05) is 30.3 Å². The van der Waals surface area contributed by atoms with Crippen molar-refractivity contribution in [1.82, 2.24) is 15.1 Å². The number of imide groups is 1. The van der Waals surface area contributed by atoms with Crippen LogP contribution in [0.25, 0.3) is 6.08 Å². The van der Waals surface area contributed by atoms with Crippen molar-refractivity contribution in [3.63, 3.8) is 0 Å². The van der Waals surface area contributed by atoms with E-state index in [-0.39, 0.29) is 36.3 Å². The summed E-state index contributed by atoms with van der Waals surface area (Å²) in [5.74, 6) is -0.113. The van der Waals surface area contributed by atoms with E-state index in [0.29, 0.717) is 18.1 Å². The number of fused-ring (bicyclic) bond motifs is 1. The highest BCUT2D eigenvalue weighted by molar-refractivity contribution is 6.49. The van der Waals surface area contributed by atoms with Gasteiger partial charge in [0.25, 0.3) is 5.91 Å². The van der Waals surface area contributed by atoms with Crippen LogP contribution in [0.2, 0.25) is 0 Å². The quantitative estimate of drug-likeness (QED) is 0.412. The number of urea groups is 1. The number of nitrogens with one attached hydrogen (secondary N) is 1. The molecule has 4 amide bonds. The van der Waals surface area contributed by atoms with Crippen LogP contribution in [0.1, 0.15) is 88.7 Å². The average molecular weight is 529 g/mol. The third-order valence-corrected chi connectivity index (χ3v) is 8.30. The van der Waals surface area contributed by atoms with Crippen molar-refractivity contribution in [3.8, 4) is 6.07 Å². The van der Waals surface area contributed by atoms with E-state index in [1.807, 2.05) is 42.2 Å². The molecule has 1 aromatic carbocycles. The molecule has 1 atom stereocenters. The molecule has 9 heteroatoms. The summed E-state index contributed by atoms with van der Waals surface area (Å²) in [6.45, 7) is 2.18. The van der Waals surface area contributed by atoms with E-state index in [0.717, 1.165) is 75.3 Å². The summed E-state index contributed by atoms with van der Waals surface area (Å²) >= 11 is 0. The first-order valence-corrected chi connectivity index (χ1v) is 14.2. The molecule has 2 aliphatic heterocycles. The van der Waals surface area contributed by atoms with Crippen molar-refractivity contribution < 1.29 is 14.4 Å². The molecule has 3 fully saturated rings. The third kappa shape index (κ3) is 5.38. The molecule has 1 aromatic rings. The number of amides is 4. The van der Waals surface area contributed by atoms with E-state index < -0.39 is 5.66 Å². The molecule has 1 saturated heterocycles. The first kappa shape index (κ1) is 26.8. The number of carbonyl (C=O) groups is 3. The molecule has 1 N–H and O–H groups in total. The number of nitrogens with zero attached hydrogens (tertiary/aromatic N) is 5. The predicted octanol–water partition coefficient (Wildman–Crippen LogP) is 4.58. The summed E-state index contributed by atoms with van der Waals surface area (Å²) in [5.41, 5.74) is 0.798. The Bertz CT molecular complexity index is 1250. The van der Waals surface area contributed by atoms with Gasteiger partial charge in [-0.25, -0.2) is 14.8 Å². The average Bonchev–Trinajstić information content (AvgIpc) is 3.32. The maximum atomic E-state index is 14.0. The topological polar surface area (TPSA) is 118 Å². The number of hydrogen-bond donors (Lipinski definition) is 1. The molecular formula is C30H36N6O3. The Kier molecular flexibility index (Phi) is 7.92. The summed E-state index contributed by atoms with van der Waals surface area (Å²) in [6.07, 6.45) is 13.4. The largest absolute Gasteiger partial charge is 0.352 e. The summed E-state index contributed by atoms with van der Waals surface area (Å²) in [6, 6.07) is 9.20. The maximum Gasteiger partial charge on any atom is 0.329 e. The van der Waals surface area contributed by atoms with E-state index >= 15 is 0 Å². The first-order chi connectivity index (χ1) is 18.9. The lowest BCUT2D eigenvalue weighted by Crippen LogP contribution is -2.71. The lowest BCUT2D eigenvalue weighted by molar-refractivity contribution is -0.127. The van der Waals surface area contributed by atoms with Crippen LogP contribution >= 0.6 is 0 Å². The smallest absolute Gasteiger partial charge is 0.329 e. The molecule has 2 aliphatic carbocycles. The SMILES string of the molecule is CC12N=C(c3ccc(/C=C/C(=O)NCCC#N)cc3)N=C1C(=O)N(C1CCCCC1)C(=O)N2C1CCCCC1. The highest BCUT2D eigenvalue weighted by Gasteiger charge is 2.57. The number of rotatable bonds is 7. The van der Waals surface area contributed by atoms with Crippen molar-refractivity contribution in [2.75, 3.05) is 6.54 Å². The lowest BCUT2D eigenvalue weighted by Gasteiger charge is -2.50. The lowest BCUT2D eigenvalue weighted by atomic mass is 9.88. The highest BCUT2D eigenvalue weighted by atomic mass is 16.2. The molecule has 0 spiro atoms. The molecule has 2 heterocycles. The van der Waals surface area contributed by atoms with Gasteiger partial charge < -0.3 is 5.32 Å². The molecule has 0 radical (unpaired) electrons. The summed E-state index contributed by atoms with van der Waals surface area (Å²) in [5, 5.41) is 11.2. The predicted molar refractivity (Wildman–Crippen MR) is 149 cm³/mol. The second kappa shape index (κ2) is 11.5. The second-order valence-corrected chi connectivity index (χ2v) is 11.0. The number of hydrogen-bond acceptors (Lipinski definition) is 6. The van der Waals surface area contributed by atoms with Crippen LogP contribution in [0.4, 0.5) is 4.79 Å².